The molecular weight excluding hydrogens is 738 g/mol. The molecule has 274 valence electrons. The molecule has 0 aromatic heterocycles. The highest BCUT2D eigenvalue weighted by molar-refractivity contribution is 9.09. The van der Waals surface area contributed by atoms with E-state index in [4.69, 9.17) is 21.1 Å². The number of aryl methyl sites for hydroxylation is 1. The van der Waals surface area contributed by atoms with E-state index in [-0.39, 0.29) is 42.6 Å². The van der Waals surface area contributed by atoms with E-state index in [0.29, 0.717) is 29.1 Å². The number of benzene rings is 2. The normalized spacial score (nSPS) is 26.6. The van der Waals surface area contributed by atoms with E-state index < -0.39 is 66.1 Å². The van der Waals surface area contributed by atoms with Gasteiger partial charge in [-0.2, -0.15) is 0 Å². The van der Waals surface area contributed by atoms with Crippen LogP contribution in [-0.4, -0.2) is 82.0 Å². The van der Waals surface area contributed by atoms with Crippen molar-refractivity contribution in [2.45, 2.75) is 81.2 Å². The minimum absolute atomic E-state index is 0.0208. The van der Waals surface area contributed by atoms with Crippen molar-refractivity contribution in [2.75, 3.05) is 24.6 Å². The van der Waals surface area contributed by atoms with Gasteiger partial charge in [0.15, 0.2) is 0 Å². The number of aliphatic hydroxyl groups excluding tert-OH is 1. The van der Waals surface area contributed by atoms with Crippen molar-refractivity contribution in [1.29, 1.82) is 0 Å². The van der Waals surface area contributed by atoms with Crippen LogP contribution in [0.25, 0.3) is 0 Å². The Morgan fingerprint density at radius 2 is 1.92 bits per heavy atom. The number of halogens is 2. The summed E-state index contributed by atoms with van der Waals surface area (Å²) in [6.45, 7) is 13.0. The first-order valence-electron chi connectivity index (χ1n) is 17.5. The fourth-order valence-corrected chi connectivity index (χ4v) is 9.23. The Labute approximate surface area is 313 Å². The topological polar surface area (TPSA) is 125 Å². The monoisotopic (exact) mass is 783 g/mol. The summed E-state index contributed by atoms with van der Waals surface area (Å²) >= 11 is 10.4. The summed E-state index contributed by atoms with van der Waals surface area (Å²) in [6.07, 6.45) is 3.27. The Bertz CT molecular complexity index is 1620. The average molecular weight is 785 g/mol. The zero-order chi connectivity index (χ0) is 37.0. The summed E-state index contributed by atoms with van der Waals surface area (Å²) < 4.78 is 12.9. The quantitative estimate of drug-likeness (QED) is 0.127. The number of hydrogen-bond donors (Lipinski definition) is 2. The highest BCUT2D eigenvalue weighted by atomic mass is 79.9. The third kappa shape index (κ3) is 7.27. The Morgan fingerprint density at radius 3 is 2.55 bits per heavy atom. The van der Waals surface area contributed by atoms with Gasteiger partial charge in [-0.05, 0) is 42.9 Å². The van der Waals surface area contributed by atoms with E-state index in [1.54, 1.807) is 36.4 Å². The maximum Gasteiger partial charge on any atom is 0.313 e. The fraction of sp³-hybridized carbons (Fsp3) is 0.487. The number of anilines is 1. The Kier molecular flexibility index (Phi) is 12.5. The first-order chi connectivity index (χ1) is 24.4. The largest absolute Gasteiger partial charge is 0.455 e. The minimum atomic E-state index is -1.41. The van der Waals surface area contributed by atoms with E-state index in [2.05, 4.69) is 34.4 Å². The second kappa shape index (κ2) is 16.4. The lowest BCUT2D eigenvalue weighted by Gasteiger charge is -2.41. The first-order valence-corrected chi connectivity index (χ1v) is 18.8. The molecule has 3 amide bonds. The number of aliphatic hydroxyl groups is 1. The third-order valence-electron chi connectivity index (χ3n) is 10.6. The summed E-state index contributed by atoms with van der Waals surface area (Å²) in [4.78, 5) is 59.6. The molecule has 10 nitrogen and oxygen atoms in total. The number of carbonyl (C=O) groups excluding carboxylic acids is 4. The van der Waals surface area contributed by atoms with Gasteiger partial charge in [0.2, 0.25) is 11.8 Å². The molecule has 0 saturated carbocycles. The maximum absolute atomic E-state index is 15.1. The van der Waals surface area contributed by atoms with Gasteiger partial charge in [0.05, 0.1) is 47.8 Å². The molecule has 9 atom stereocenters. The maximum atomic E-state index is 15.1. The molecule has 3 aliphatic rings. The number of nitrogens with zero attached hydrogens (tertiary/aromatic N) is 2. The van der Waals surface area contributed by atoms with Crippen molar-refractivity contribution in [3.63, 3.8) is 0 Å². The zero-order valence-electron chi connectivity index (χ0n) is 29.3. The van der Waals surface area contributed by atoms with Gasteiger partial charge >= 0.3 is 5.97 Å². The molecule has 5 rings (SSSR count). The van der Waals surface area contributed by atoms with Crippen molar-refractivity contribution >= 4 is 56.9 Å². The van der Waals surface area contributed by atoms with E-state index in [0.717, 1.165) is 5.56 Å². The van der Waals surface area contributed by atoms with Crippen LogP contribution in [0.2, 0.25) is 5.02 Å². The lowest BCUT2D eigenvalue weighted by Crippen LogP contribution is -2.60. The van der Waals surface area contributed by atoms with Gasteiger partial charge in [-0.1, -0.05) is 102 Å². The Balaban J connectivity index is 1.56. The molecule has 3 fully saturated rings. The van der Waals surface area contributed by atoms with E-state index in [9.17, 15) is 19.5 Å². The van der Waals surface area contributed by atoms with Crippen molar-refractivity contribution in [3.05, 3.63) is 90.0 Å². The molecule has 1 unspecified atom stereocenters. The number of alkyl halides is 1. The number of esters is 1. The van der Waals surface area contributed by atoms with Crippen LogP contribution in [0.15, 0.2) is 73.8 Å². The lowest BCUT2D eigenvalue weighted by atomic mass is 9.70. The molecule has 0 aliphatic carbocycles. The molecule has 2 N–H and O–H groups in total. The van der Waals surface area contributed by atoms with Crippen molar-refractivity contribution in [2.24, 2.45) is 17.8 Å². The van der Waals surface area contributed by atoms with Crippen LogP contribution in [0, 0.1) is 24.7 Å². The highest BCUT2D eigenvalue weighted by Crippen LogP contribution is 2.61. The number of hydrogen-bond acceptors (Lipinski definition) is 7. The molecular formula is C39H47BrClN3O7. The smallest absolute Gasteiger partial charge is 0.313 e. The number of amides is 3. The second-order valence-corrected chi connectivity index (χ2v) is 15.2. The predicted octanol–water partition coefficient (Wildman–Crippen LogP) is 5.69. The fourth-order valence-electron chi connectivity index (χ4n) is 7.96. The number of nitrogens with one attached hydrogen (secondary N) is 1. The van der Waals surface area contributed by atoms with Gasteiger partial charge < -0.3 is 29.7 Å². The van der Waals surface area contributed by atoms with E-state index >= 15 is 4.79 Å². The van der Waals surface area contributed by atoms with Crippen molar-refractivity contribution in [3.8, 4) is 0 Å². The summed E-state index contributed by atoms with van der Waals surface area (Å²) in [6, 6.07) is 12.5. The van der Waals surface area contributed by atoms with Crippen LogP contribution in [0.5, 0.6) is 0 Å². The number of fused-ring (bicyclic) bond motifs is 1. The van der Waals surface area contributed by atoms with E-state index in [1.807, 2.05) is 45.0 Å². The van der Waals surface area contributed by atoms with Gasteiger partial charge in [0.25, 0.3) is 5.91 Å². The third-order valence-corrected chi connectivity index (χ3v) is 11.8. The van der Waals surface area contributed by atoms with Gasteiger partial charge in [-0.25, -0.2) is 0 Å². The number of para-hydroxylation sites is 1. The molecule has 3 saturated heterocycles. The van der Waals surface area contributed by atoms with Crippen LogP contribution in [-0.2, 0) is 28.7 Å². The first kappa shape index (κ1) is 38.7. The van der Waals surface area contributed by atoms with Crippen LogP contribution in [0.4, 0.5) is 5.69 Å². The van der Waals surface area contributed by atoms with Crippen LogP contribution < -0.4 is 10.2 Å². The van der Waals surface area contributed by atoms with Gasteiger partial charge in [0, 0.05) is 17.8 Å². The minimum Gasteiger partial charge on any atom is -0.455 e. The van der Waals surface area contributed by atoms with E-state index in [1.165, 1.54) is 9.80 Å². The summed E-state index contributed by atoms with van der Waals surface area (Å²) in [5, 5.41) is 14.0. The number of rotatable bonds is 16. The van der Waals surface area contributed by atoms with Crippen LogP contribution >= 0.6 is 27.5 Å². The molecule has 3 heterocycles. The number of ether oxygens (including phenoxy) is 2. The van der Waals surface area contributed by atoms with Crippen molar-refractivity contribution < 1.29 is 33.8 Å². The Hall–Kier alpha value is -3.51. The van der Waals surface area contributed by atoms with Crippen LogP contribution in [0.1, 0.15) is 56.8 Å². The standard InChI is InChI=1S/C39H47BrClN3O7/c1-6-9-18-30(46)42-21-29(25-15-11-10-12-16-25)50-38(49)31-32-36(47)44(28(22-45)23(4)8-3)35(39(32)20-26(40)34(31)51-39)37(48)43(19-7-2)33-24(5)14-13-17-27(33)41/h6-7,10-17,23,26,28-29,31-32,34-35,45H,1-2,8-9,18-22H2,3-5H3,(H,42,46)/t23-,26?,28-,29+,31+,32-,34+,35+,39-/m0/s1. The van der Waals surface area contributed by atoms with Gasteiger partial charge in [-0.15, -0.1) is 13.2 Å². The van der Waals surface area contributed by atoms with Gasteiger partial charge in [-0.3, -0.25) is 19.2 Å². The lowest BCUT2D eigenvalue weighted by molar-refractivity contribution is -0.161. The molecule has 2 bridgehead atoms. The number of allylic oxidation sites excluding steroid dienone is 1. The molecule has 2 aromatic rings. The summed E-state index contributed by atoms with van der Waals surface area (Å²) in [5.74, 6) is -4.08. The average Bonchev–Trinajstić information content (AvgIpc) is 3.72. The SMILES string of the molecule is C=CCCC(=O)NC[C@@H](OC(=O)[C@H]1[C@@H]2O[C@@]3(CC2Br)[C@@H]1C(=O)N([C@@H](CO)[C@@H](C)CC)[C@@H]3C(=O)N(CC=C)c1c(C)cccc1Cl)c1ccccc1. The number of carbonyl (C=O) groups is 4. The number of likely N-dealkylation sites (tertiary alicyclic amines) is 1. The molecule has 3 aliphatic heterocycles. The molecule has 51 heavy (non-hydrogen) atoms. The molecule has 12 heteroatoms. The zero-order valence-corrected chi connectivity index (χ0v) is 31.6. The van der Waals surface area contributed by atoms with Crippen LogP contribution in [0.3, 0.4) is 0 Å². The molecule has 2 aromatic carbocycles. The Morgan fingerprint density at radius 1 is 1.20 bits per heavy atom. The predicted molar refractivity (Wildman–Crippen MR) is 199 cm³/mol. The second-order valence-electron chi connectivity index (χ2n) is 13.7. The van der Waals surface area contributed by atoms with Gasteiger partial charge in [0.1, 0.15) is 17.7 Å². The molecule has 1 spiro atoms. The summed E-state index contributed by atoms with van der Waals surface area (Å²) in [5.41, 5.74) is 0.500. The van der Waals surface area contributed by atoms with Crippen molar-refractivity contribution in [1.82, 2.24) is 10.2 Å². The highest BCUT2D eigenvalue weighted by Gasteiger charge is 2.78. The molecule has 0 radical (unpaired) electrons. The summed E-state index contributed by atoms with van der Waals surface area (Å²) in [7, 11) is 0.